The lowest BCUT2D eigenvalue weighted by Crippen LogP contribution is -2.37. The van der Waals surface area contributed by atoms with Crippen LogP contribution in [0.5, 0.6) is 0 Å². The molecule has 0 bridgehead atoms. The van der Waals surface area contributed by atoms with E-state index in [9.17, 15) is 9.59 Å². The van der Waals surface area contributed by atoms with Crippen LogP contribution in [-0.2, 0) is 16.0 Å². The van der Waals surface area contributed by atoms with E-state index in [1.807, 2.05) is 37.3 Å². The van der Waals surface area contributed by atoms with Gasteiger partial charge < -0.3 is 4.74 Å². The summed E-state index contributed by atoms with van der Waals surface area (Å²) in [5.41, 5.74) is 0.509. The first-order valence-electron chi connectivity index (χ1n) is 5.98. The number of benzene rings is 1. The summed E-state index contributed by atoms with van der Waals surface area (Å²) in [4.78, 5) is 24.5. The standard InChI is InChI=1S/C15H16O3/c1-3-4-9-15(14(17)18-2)10-11-7-5-6-8-12(11)13(15)16/h3-8H,9-10H2,1-2H3/b4-3+. The Kier molecular flexibility index (Phi) is 3.32. The van der Waals surface area contributed by atoms with Gasteiger partial charge in [0.25, 0.3) is 0 Å². The van der Waals surface area contributed by atoms with Crippen LogP contribution < -0.4 is 0 Å². The van der Waals surface area contributed by atoms with Crippen LogP contribution in [0.4, 0.5) is 0 Å². The maximum Gasteiger partial charge on any atom is 0.320 e. The number of allylic oxidation sites excluding steroid dienone is 2. The van der Waals surface area contributed by atoms with E-state index in [-0.39, 0.29) is 5.78 Å². The van der Waals surface area contributed by atoms with Gasteiger partial charge in [-0.25, -0.2) is 0 Å². The maximum absolute atomic E-state index is 12.5. The number of carbonyl (C=O) groups excluding carboxylic acids is 2. The molecule has 0 N–H and O–H groups in total. The third-order valence-corrected chi connectivity index (χ3v) is 3.47. The fraction of sp³-hybridized carbons (Fsp3) is 0.333. The lowest BCUT2D eigenvalue weighted by Gasteiger charge is -2.22. The topological polar surface area (TPSA) is 43.4 Å². The van der Waals surface area contributed by atoms with Crippen molar-refractivity contribution < 1.29 is 14.3 Å². The van der Waals surface area contributed by atoms with Crippen LogP contribution in [0.3, 0.4) is 0 Å². The Bertz CT molecular complexity index is 516. The van der Waals surface area contributed by atoms with Crippen LogP contribution in [0.25, 0.3) is 0 Å². The van der Waals surface area contributed by atoms with Crippen LogP contribution in [-0.4, -0.2) is 18.9 Å². The van der Waals surface area contributed by atoms with Crippen LogP contribution in [0.15, 0.2) is 36.4 Å². The fourth-order valence-electron chi connectivity index (χ4n) is 2.49. The Morgan fingerprint density at radius 3 is 2.78 bits per heavy atom. The third-order valence-electron chi connectivity index (χ3n) is 3.47. The van der Waals surface area contributed by atoms with Crippen LogP contribution >= 0.6 is 0 Å². The molecule has 1 atom stereocenters. The Labute approximate surface area is 106 Å². The first kappa shape index (κ1) is 12.6. The molecule has 1 aliphatic carbocycles. The number of hydrogen-bond donors (Lipinski definition) is 0. The Hall–Kier alpha value is -1.90. The maximum atomic E-state index is 12.5. The second kappa shape index (κ2) is 4.77. The summed E-state index contributed by atoms with van der Waals surface area (Å²) in [5.74, 6) is -0.565. The summed E-state index contributed by atoms with van der Waals surface area (Å²) < 4.78 is 4.84. The van der Waals surface area contributed by atoms with Crippen LogP contribution in [0.1, 0.15) is 29.3 Å². The van der Waals surface area contributed by atoms with Crippen molar-refractivity contribution in [1.29, 1.82) is 0 Å². The molecule has 2 rings (SSSR count). The molecule has 0 radical (unpaired) electrons. The zero-order chi connectivity index (χ0) is 13.2. The summed E-state index contributed by atoms with van der Waals surface area (Å²) in [6.07, 6.45) is 4.52. The Morgan fingerprint density at radius 2 is 2.17 bits per heavy atom. The number of fused-ring (bicyclic) bond motifs is 1. The van der Waals surface area contributed by atoms with E-state index >= 15 is 0 Å². The predicted molar refractivity (Wildman–Crippen MR) is 68.4 cm³/mol. The minimum Gasteiger partial charge on any atom is -0.468 e. The van der Waals surface area contributed by atoms with Crippen molar-refractivity contribution >= 4 is 11.8 Å². The molecule has 1 unspecified atom stereocenters. The second-order valence-corrected chi connectivity index (χ2v) is 4.51. The average molecular weight is 244 g/mol. The molecule has 3 heteroatoms. The highest BCUT2D eigenvalue weighted by Crippen LogP contribution is 2.40. The molecule has 0 fully saturated rings. The predicted octanol–water partition coefficient (Wildman–Crippen LogP) is 2.55. The number of hydrogen-bond acceptors (Lipinski definition) is 3. The van der Waals surface area contributed by atoms with Gasteiger partial charge in [0.05, 0.1) is 7.11 Å². The van der Waals surface area contributed by atoms with Gasteiger partial charge in [0, 0.05) is 5.56 Å². The van der Waals surface area contributed by atoms with Gasteiger partial charge >= 0.3 is 5.97 Å². The normalized spacial score (nSPS) is 22.2. The van der Waals surface area contributed by atoms with Crippen molar-refractivity contribution in [3.05, 3.63) is 47.5 Å². The molecular formula is C15H16O3. The third kappa shape index (κ3) is 1.76. The van der Waals surface area contributed by atoms with Gasteiger partial charge in [-0.05, 0) is 25.3 Å². The fourth-order valence-corrected chi connectivity index (χ4v) is 2.49. The van der Waals surface area contributed by atoms with Gasteiger partial charge in [-0.3, -0.25) is 9.59 Å². The lowest BCUT2D eigenvalue weighted by molar-refractivity contribution is -0.149. The summed E-state index contributed by atoms with van der Waals surface area (Å²) in [6, 6.07) is 7.38. The molecule has 0 spiro atoms. The van der Waals surface area contributed by atoms with Gasteiger partial charge in [-0.1, -0.05) is 36.4 Å². The van der Waals surface area contributed by atoms with E-state index in [0.717, 1.165) is 5.56 Å². The Balaban J connectivity index is 2.46. The first-order valence-corrected chi connectivity index (χ1v) is 5.98. The number of esters is 1. The van der Waals surface area contributed by atoms with E-state index in [2.05, 4.69) is 0 Å². The highest BCUT2D eigenvalue weighted by molar-refractivity contribution is 6.16. The molecule has 0 aliphatic heterocycles. The van der Waals surface area contributed by atoms with Crippen LogP contribution in [0, 0.1) is 5.41 Å². The molecule has 0 saturated heterocycles. The lowest BCUT2D eigenvalue weighted by atomic mass is 9.80. The average Bonchev–Trinajstić information content (AvgIpc) is 2.70. The summed E-state index contributed by atoms with van der Waals surface area (Å²) >= 11 is 0. The smallest absolute Gasteiger partial charge is 0.320 e. The number of ketones is 1. The van der Waals surface area contributed by atoms with E-state index in [4.69, 9.17) is 4.74 Å². The van der Waals surface area contributed by atoms with Gasteiger partial charge in [0.1, 0.15) is 5.41 Å². The van der Waals surface area contributed by atoms with Crippen molar-refractivity contribution in [2.24, 2.45) is 5.41 Å². The molecule has 1 aliphatic rings. The monoisotopic (exact) mass is 244 g/mol. The quantitative estimate of drug-likeness (QED) is 0.466. The van der Waals surface area contributed by atoms with Gasteiger partial charge in [-0.2, -0.15) is 0 Å². The molecule has 0 aromatic heterocycles. The van der Waals surface area contributed by atoms with Crippen molar-refractivity contribution in [2.75, 3.05) is 7.11 Å². The van der Waals surface area contributed by atoms with Crippen molar-refractivity contribution in [1.82, 2.24) is 0 Å². The number of methoxy groups -OCH3 is 1. The van der Waals surface area contributed by atoms with Gasteiger partial charge in [0.15, 0.2) is 5.78 Å². The molecule has 18 heavy (non-hydrogen) atoms. The SMILES string of the molecule is C/C=C/CC1(C(=O)OC)Cc2ccccc2C1=O. The first-order chi connectivity index (χ1) is 8.65. The number of carbonyl (C=O) groups is 2. The van der Waals surface area contributed by atoms with Crippen LogP contribution in [0.2, 0.25) is 0 Å². The number of ether oxygens (including phenoxy) is 1. The summed E-state index contributed by atoms with van der Waals surface area (Å²) in [5, 5.41) is 0. The Morgan fingerprint density at radius 1 is 1.44 bits per heavy atom. The molecule has 3 nitrogen and oxygen atoms in total. The highest BCUT2D eigenvalue weighted by Gasteiger charge is 2.51. The zero-order valence-corrected chi connectivity index (χ0v) is 10.6. The number of Topliss-reactive ketones (excluding diaryl/α,β-unsaturated/α-hetero) is 1. The highest BCUT2D eigenvalue weighted by atomic mass is 16.5. The number of rotatable bonds is 3. The van der Waals surface area contributed by atoms with Gasteiger partial charge in [0.2, 0.25) is 0 Å². The van der Waals surface area contributed by atoms with E-state index in [0.29, 0.717) is 18.4 Å². The molecular weight excluding hydrogens is 228 g/mol. The molecule has 1 aromatic rings. The molecule has 94 valence electrons. The molecule has 0 saturated carbocycles. The van der Waals surface area contributed by atoms with E-state index < -0.39 is 11.4 Å². The summed E-state index contributed by atoms with van der Waals surface area (Å²) in [7, 11) is 1.33. The van der Waals surface area contributed by atoms with Crippen molar-refractivity contribution in [2.45, 2.75) is 19.8 Å². The molecule has 1 aromatic carbocycles. The minimum atomic E-state index is -1.06. The summed E-state index contributed by atoms with van der Waals surface area (Å²) in [6.45, 7) is 1.87. The van der Waals surface area contributed by atoms with Crippen molar-refractivity contribution in [3.63, 3.8) is 0 Å². The second-order valence-electron chi connectivity index (χ2n) is 4.51. The molecule has 0 heterocycles. The van der Waals surface area contributed by atoms with Gasteiger partial charge in [-0.15, -0.1) is 0 Å². The largest absolute Gasteiger partial charge is 0.468 e. The van der Waals surface area contributed by atoms with E-state index in [1.54, 1.807) is 6.07 Å². The van der Waals surface area contributed by atoms with Crippen molar-refractivity contribution in [3.8, 4) is 0 Å². The molecule has 0 amide bonds. The zero-order valence-electron chi connectivity index (χ0n) is 10.6. The van der Waals surface area contributed by atoms with E-state index in [1.165, 1.54) is 7.11 Å². The minimum absolute atomic E-state index is 0.122.